The van der Waals surface area contributed by atoms with Gasteiger partial charge in [-0.2, -0.15) is 0 Å². The molecule has 0 aromatic heterocycles. The maximum atomic E-state index is 12.2. The number of hydrogen-bond donors (Lipinski definition) is 3. The van der Waals surface area contributed by atoms with Crippen LogP contribution in [-0.4, -0.2) is 30.6 Å². The SMILES string of the molecule is CC[C@@H](NC(=O)COC(=O)c1ccc(CNC(=O)NC(C)C)cc1)c1ccc(C)cc1. The Bertz CT molecular complexity index is 877. The number of urea groups is 1. The average Bonchev–Trinajstić information content (AvgIpc) is 2.75. The lowest BCUT2D eigenvalue weighted by Crippen LogP contribution is -2.39. The quantitative estimate of drug-likeness (QED) is 0.535. The number of benzene rings is 2. The molecular weight excluding hydrogens is 394 g/mol. The molecule has 2 aromatic carbocycles. The number of hydrogen-bond acceptors (Lipinski definition) is 4. The van der Waals surface area contributed by atoms with Gasteiger partial charge in [0.15, 0.2) is 6.61 Å². The van der Waals surface area contributed by atoms with E-state index in [0.717, 1.165) is 23.1 Å². The summed E-state index contributed by atoms with van der Waals surface area (Å²) in [4.78, 5) is 36.1. The minimum atomic E-state index is -0.574. The first-order chi connectivity index (χ1) is 14.8. The first-order valence-electron chi connectivity index (χ1n) is 10.4. The van der Waals surface area contributed by atoms with E-state index in [9.17, 15) is 14.4 Å². The van der Waals surface area contributed by atoms with Crippen LogP contribution in [-0.2, 0) is 16.1 Å². The minimum Gasteiger partial charge on any atom is -0.452 e. The van der Waals surface area contributed by atoms with Gasteiger partial charge in [0.1, 0.15) is 0 Å². The molecule has 0 fully saturated rings. The van der Waals surface area contributed by atoms with Crippen molar-refractivity contribution in [3.8, 4) is 0 Å². The van der Waals surface area contributed by atoms with Crippen molar-refractivity contribution in [2.45, 2.75) is 52.7 Å². The van der Waals surface area contributed by atoms with Crippen molar-refractivity contribution in [2.24, 2.45) is 0 Å². The lowest BCUT2D eigenvalue weighted by atomic mass is 10.0. The van der Waals surface area contributed by atoms with Crippen LogP contribution in [0.1, 0.15) is 60.3 Å². The van der Waals surface area contributed by atoms with Gasteiger partial charge in [-0.05, 0) is 50.5 Å². The molecule has 0 saturated carbocycles. The van der Waals surface area contributed by atoms with E-state index in [1.54, 1.807) is 24.3 Å². The fraction of sp³-hybridized carbons (Fsp3) is 0.375. The van der Waals surface area contributed by atoms with Crippen LogP contribution in [0.5, 0.6) is 0 Å². The Balaban J connectivity index is 1.81. The van der Waals surface area contributed by atoms with Crippen LogP contribution < -0.4 is 16.0 Å². The summed E-state index contributed by atoms with van der Waals surface area (Å²) in [5, 5.41) is 8.38. The van der Waals surface area contributed by atoms with Crippen molar-refractivity contribution in [1.29, 1.82) is 0 Å². The number of aryl methyl sites for hydroxylation is 1. The van der Waals surface area contributed by atoms with Gasteiger partial charge in [-0.3, -0.25) is 4.79 Å². The van der Waals surface area contributed by atoms with Gasteiger partial charge in [0.05, 0.1) is 11.6 Å². The molecule has 0 heterocycles. The molecule has 0 saturated heterocycles. The second kappa shape index (κ2) is 11.7. The number of rotatable bonds is 9. The Hall–Kier alpha value is -3.35. The van der Waals surface area contributed by atoms with E-state index in [2.05, 4.69) is 16.0 Å². The molecule has 0 aliphatic carbocycles. The van der Waals surface area contributed by atoms with E-state index in [1.165, 1.54) is 0 Å². The molecule has 2 rings (SSSR count). The summed E-state index contributed by atoms with van der Waals surface area (Å²) in [6, 6.07) is 14.3. The van der Waals surface area contributed by atoms with Crippen LogP contribution in [0.4, 0.5) is 4.79 Å². The Kier molecular flexibility index (Phi) is 9.06. The summed E-state index contributed by atoms with van der Waals surface area (Å²) in [6.07, 6.45) is 0.730. The van der Waals surface area contributed by atoms with Gasteiger partial charge in [-0.1, -0.05) is 48.9 Å². The third-order valence-corrected chi connectivity index (χ3v) is 4.62. The standard InChI is InChI=1S/C24H31N3O4/c1-5-21(19-10-6-17(4)7-11-19)27-22(28)15-31-23(29)20-12-8-18(9-13-20)14-25-24(30)26-16(2)3/h6-13,16,21H,5,14-15H2,1-4H3,(H,27,28)(H2,25,26,30)/t21-/m1/s1. The zero-order valence-electron chi connectivity index (χ0n) is 18.5. The van der Waals surface area contributed by atoms with Crippen LogP contribution in [0.25, 0.3) is 0 Å². The van der Waals surface area contributed by atoms with E-state index >= 15 is 0 Å². The highest BCUT2D eigenvalue weighted by atomic mass is 16.5. The summed E-state index contributed by atoms with van der Waals surface area (Å²) >= 11 is 0. The lowest BCUT2D eigenvalue weighted by Gasteiger charge is -2.17. The molecule has 7 heteroatoms. The second-order valence-electron chi connectivity index (χ2n) is 7.69. The predicted molar refractivity (Wildman–Crippen MR) is 120 cm³/mol. The number of carbonyl (C=O) groups is 3. The maximum absolute atomic E-state index is 12.2. The first kappa shape index (κ1) is 23.9. The Morgan fingerprint density at radius 3 is 2.16 bits per heavy atom. The Morgan fingerprint density at radius 2 is 1.58 bits per heavy atom. The van der Waals surface area contributed by atoms with E-state index in [4.69, 9.17) is 4.74 Å². The van der Waals surface area contributed by atoms with Crippen molar-refractivity contribution in [2.75, 3.05) is 6.61 Å². The van der Waals surface area contributed by atoms with E-state index in [1.807, 2.05) is 52.0 Å². The smallest absolute Gasteiger partial charge is 0.338 e. The largest absolute Gasteiger partial charge is 0.452 e. The van der Waals surface area contributed by atoms with E-state index in [-0.39, 0.29) is 30.6 Å². The zero-order chi connectivity index (χ0) is 22.8. The fourth-order valence-electron chi connectivity index (χ4n) is 2.92. The summed E-state index contributed by atoms with van der Waals surface area (Å²) < 4.78 is 5.14. The normalized spacial score (nSPS) is 11.5. The van der Waals surface area contributed by atoms with Crippen molar-refractivity contribution in [1.82, 2.24) is 16.0 Å². The van der Waals surface area contributed by atoms with Gasteiger partial charge in [-0.25, -0.2) is 9.59 Å². The van der Waals surface area contributed by atoms with Gasteiger partial charge in [0, 0.05) is 12.6 Å². The van der Waals surface area contributed by atoms with Crippen molar-refractivity contribution in [3.63, 3.8) is 0 Å². The molecule has 2 aromatic rings. The van der Waals surface area contributed by atoms with Crippen molar-refractivity contribution >= 4 is 17.9 Å². The Labute approximate surface area is 183 Å². The highest BCUT2D eigenvalue weighted by Gasteiger charge is 2.15. The van der Waals surface area contributed by atoms with E-state index < -0.39 is 5.97 Å². The second-order valence-corrected chi connectivity index (χ2v) is 7.69. The van der Waals surface area contributed by atoms with Gasteiger partial charge < -0.3 is 20.7 Å². The molecule has 3 N–H and O–H groups in total. The van der Waals surface area contributed by atoms with Crippen LogP contribution in [0.2, 0.25) is 0 Å². The molecule has 0 aliphatic rings. The van der Waals surface area contributed by atoms with Crippen molar-refractivity contribution < 1.29 is 19.1 Å². The molecule has 1 atom stereocenters. The average molecular weight is 426 g/mol. The number of carbonyl (C=O) groups excluding carboxylic acids is 3. The highest BCUT2D eigenvalue weighted by Crippen LogP contribution is 2.17. The number of amides is 3. The minimum absolute atomic E-state index is 0.0545. The summed E-state index contributed by atoms with van der Waals surface area (Å²) in [5.41, 5.74) is 3.35. The molecule has 31 heavy (non-hydrogen) atoms. The van der Waals surface area contributed by atoms with Crippen LogP contribution in [0.3, 0.4) is 0 Å². The predicted octanol–water partition coefficient (Wildman–Crippen LogP) is 3.63. The third kappa shape index (κ3) is 8.12. The summed E-state index contributed by atoms with van der Waals surface area (Å²) in [5.74, 6) is -0.923. The lowest BCUT2D eigenvalue weighted by molar-refractivity contribution is -0.125. The van der Waals surface area contributed by atoms with E-state index in [0.29, 0.717) is 12.1 Å². The van der Waals surface area contributed by atoms with Gasteiger partial charge in [0.25, 0.3) is 5.91 Å². The molecule has 0 unspecified atom stereocenters. The van der Waals surface area contributed by atoms with Gasteiger partial charge >= 0.3 is 12.0 Å². The highest BCUT2D eigenvalue weighted by molar-refractivity contribution is 5.91. The van der Waals surface area contributed by atoms with Crippen LogP contribution >= 0.6 is 0 Å². The number of ether oxygens (including phenoxy) is 1. The molecule has 166 valence electrons. The third-order valence-electron chi connectivity index (χ3n) is 4.62. The molecular formula is C24H31N3O4. The van der Waals surface area contributed by atoms with Gasteiger partial charge in [0.2, 0.25) is 0 Å². The topological polar surface area (TPSA) is 96.5 Å². The molecule has 0 spiro atoms. The fourth-order valence-corrected chi connectivity index (χ4v) is 2.92. The molecule has 0 aliphatic heterocycles. The summed E-state index contributed by atoms with van der Waals surface area (Å²) in [6.45, 7) is 7.75. The number of esters is 1. The first-order valence-corrected chi connectivity index (χ1v) is 10.4. The molecule has 0 bridgehead atoms. The molecule has 7 nitrogen and oxygen atoms in total. The zero-order valence-corrected chi connectivity index (χ0v) is 18.5. The van der Waals surface area contributed by atoms with Crippen LogP contribution in [0, 0.1) is 6.92 Å². The van der Waals surface area contributed by atoms with Crippen LogP contribution in [0.15, 0.2) is 48.5 Å². The van der Waals surface area contributed by atoms with Crippen molar-refractivity contribution in [3.05, 3.63) is 70.8 Å². The Morgan fingerprint density at radius 1 is 0.935 bits per heavy atom. The molecule has 0 radical (unpaired) electrons. The van der Waals surface area contributed by atoms with Gasteiger partial charge in [-0.15, -0.1) is 0 Å². The maximum Gasteiger partial charge on any atom is 0.338 e. The molecule has 3 amide bonds. The number of nitrogens with one attached hydrogen (secondary N) is 3. The summed E-state index contributed by atoms with van der Waals surface area (Å²) in [7, 11) is 0. The monoisotopic (exact) mass is 425 g/mol.